The van der Waals surface area contributed by atoms with Crippen LogP contribution in [0.1, 0.15) is 32.1 Å². The summed E-state index contributed by atoms with van der Waals surface area (Å²) < 4.78 is 0. The number of likely N-dealkylation sites (N-methyl/N-ethyl adjacent to an activating group) is 1. The molecule has 7 heteroatoms. The van der Waals surface area contributed by atoms with E-state index in [-0.39, 0.29) is 43.2 Å². The summed E-state index contributed by atoms with van der Waals surface area (Å²) in [7, 11) is 1.48. The smallest absolute Gasteiger partial charge is 0.305 e. The fourth-order valence-electron chi connectivity index (χ4n) is 3.03. The number of carbonyl (C=O) groups excluding carboxylic acids is 3. The number of likely N-dealkylation sites (tertiary alicyclic amines) is 1. The molecule has 1 heterocycles. The van der Waals surface area contributed by atoms with E-state index in [9.17, 15) is 19.2 Å². The van der Waals surface area contributed by atoms with Crippen LogP contribution in [0, 0.1) is 11.8 Å². The fraction of sp³-hybridized carbons (Fsp3) is 0.714. The summed E-state index contributed by atoms with van der Waals surface area (Å²) in [6, 6.07) is 0. The highest BCUT2D eigenvalue weighted by molar-refractivity contribution is 6.07. The number of carboxylic acids is 1. The lowest BCUT2D eigenvalue weighted by Gasteiger charge is -2.20. The van der Waals surface area contributed by atoms with Crippen molar-refractivity contribution in [2.24, 2.45) is 11.8 Å². The maximum Gasteiger partial charge on any atom is 0.305 e. The monoisotopic (exact) mass is 296 g/mol. The van der Waals surface area contributed by atoms with Crippen molar-refractivity contribution in [1.29, 1.82) is 0 Å². The molecule has 2 unspecified atom stereocenters. The molecule has 0 aromatic rings. The Labute approximate surface area is 122 Å². The van der Waals surface area contributed by atoms with E-state index in [1.54, 1.807) is 0 Å². The van der Waals surface area contributed by atoms with Gasteiger partial charge in [0.05, 0.1) is 18.3 Å². The highest BCUT2D eigenvalue weighted by Gasteiger charge is 2.48. The topological polar surface area (TPSA) is 95.0 Å². The van der Waals surface area contributed by atoms with E-state index in [1.165, 1.54) is 11.9 Å². The zero-order valence-corrected chi connectivity index (χ0v) is 12.1. The molecule has 1 saturated carbocycles. The zero-order chi connectivity index (χ0) is 15.6. The van der Waals surface area contributed by atoms with Crippen LogP contribution in [0.3, 0.4) is 0 Å². The molecule has 0 bridgehead atoms. The van der Waals surface area contributed by atoms with Gasteiger partial charge in [-0.1, -0.05) is 12.8 Å². The molecule has 21 heavy (non-hydrogen) atoms. The first-order valence-corrected chi connectivity index (χ1v) is 7.22. The second-order valence-electron chi connectivity index (χ2n) is 5.72. The lowest BCUT2D eigenvalue weighted by Crippen LogP contribution is -2.42. The second kappa shape index (κ2) is 6.24. The van der Waals surface area contributed by atoms with Crippen LogP contribution < -0.4 is 0 Å². The van der Waals surface area contributed by atoms with Crippen LogP contribution in [0.5, 0.6) is 0 Å². The Morgan fingerprint density at radius 3 is 2.19 bits per heavy atom. The van der Waals surface area contributed by atoms with Gasteiger partial charge in [-0.25, -0.2) is 0 Å². The third-order valence-electron chi connectivity index (χ3n) is 4.31. The molecule has 1 saturated heterocycles. The van der Waals surface area contributed by atoms with E-state index in [4.69, 9.17) is 5.11 Å². The first-order valence-electron chi connectivity index (χ1n) is 7.22. The summed E-state index contributed by atoms with van der Waals surface area (Å²) in [5, 5.41) is 8.60. The van der Waals surface area contributed by atoms with Gasteiger partial charge in [0.25, 0.3) is 0 Å². The van der Waals surface area contributed by atoms with Crippen molar-refractivity contribution in [3.8, 4) is 0 Å². The average Bonchev–Trinajstić information content (AvgIpc) is 2.70. The lowest BCUT2D eigenvalue weighted by atomic mass is 9.81. The maximum absolute atomic E-state index is 12.2. The Hall–Kier alpha value is -1.92. The van der Waals surface area contributed by atoms with Gasteiger partial charge in [0.1, 0.15) is 6.54 Å². The number of amides is 3. The minimum absolute atomic E-state index is 0.0667. The van der Waals surface area contributed by atoms with E-state index in [0.717, 1.165) is 30.6 Å². The Morgan fingerprint density at radius 2 is 1.71 bits per heavy atom. The minimum atomic E-state index is -0.992. The van der Waals surface area contributed by atoms with Gasteiger partial charge in [0.2, 0.25) is 17.7 Å². The summed E-state index contributed by atoms with van der Waals surface area (Å²) in [5.41, 5.74) is 0. The number of hydrogen-bond acceptors (Lipinski definition) is 4. The van der Waals surface area contributed by atoms with Crippen molar-refractivity contribution in [3.63, 3.8) is 0 Å². The highest BCUT2D eigenvalue weighted by Crippen LogP contribution is 2.37. The quantitative estimate of drug-likeness (QED) is 0.726. The Balaban J connectivity index is 1.95. The zero-order valence-electron chi connectivity index (χ0n) is 12.1. The predicted molar refractivity (Wildman–Crippen MR) is 72.1 cm³/mol. The molecule has 3 amide bonds. The molecule has 2 fully saturated rings. The van der Waals surface area contributed by atoms with Gasteiger partial charge >= 0.3 is 5.97 Å². The molecule has 2 aliphatic rings. The molecule has 7 nitrogen and oxygen atoms in total. The molecule has 0 radical (unpaired) electrons. The molecular weight excluding hydrogens is 276 g/mol. The van der Waals surface area contributed by atoms with E-state index < -0.39 is 11.9 Å². The van der Waals surface area contributed by atoms with Crippen LogP contribution >= 0.6 is 0 Å². The molecule has 0 aromatic carbocycles. The van der Waals surface area contributed by atoms with Gasteiger partial charge in [0.15, 0.2) is 0 Å². The Bertz CT molecular complexity index is 452. The van der Waals surface area contributed by atoms with E-state index in [2.05, 4.69) is 0 Å². The van der Waals surface area contributed by atoms with E-state index in [1.807, 2.05) is 0 Å². The van der Waals surface area contributed by atoms with Crippen LogP contribution in [0.4, 0.5) is 0 Å². The summed E-state index contributed by atoms with van der Waals surface area (Å²) in [5.74, 6) is -2.41. The number of nitrogens with zero attached hydrogens (tertiary/aromatic N) is 2. The molecule has 0 spiro atoms. The van der Waals surface area contributed by atoms with Crippen molar-refractivity contribution < 1.29 is 24.3 Å². The fourth-order valence-corrected chi connectivity index (χ4v) is 3.03. The van der Waals surface area contributed by atoms with Gasteiger partial charge in [-0.05, 0) is 12.8 Å². The lowest BCUT2D eigenvalue weighted by molar-refractivity contribution is -0.147. The third-order valence-corrected chi connectivity index (χ3v) is 4.31. The average molecular weight is 296 g/mol. The summed E-state index contributed by atoms with van der Waals surface area (Å²) in [6.07, 6.45) is 3.17. The number of aliphatic carboxylic acids is 1. The van der Waals surface area contributed by atoms with Crippen molar-refractivity contribution in [2.45, 2.75) is 32.1 Å². The van der Waals surface area contributed by atoms with Crippen LogP contribution in [-0.4, -0.2) is 58.7 Å². The molecule has 2 atom stereocenters. The van der Waals surface area contributed by atoms with Crippen LogP contribution in [0.2, 0.25) is 0 Å². The van der Waals surface area contributed by atoms with Crippen LogP contribution in [-0.2, 0) is 19.2 Å². The molecule has 116 valence electrons. The first kappa shape index (κ1) is 15.5. The van der Waals surface area contributed by atoms with Crippen molar-refractivity contribution in [2.75, 3.05) is 20.1 Å². The molecular formula is C14H20N2O5. The van der Waals surface area contributed by atoms with Gasteiger partial charge < -0.3 is 10.0 Å². The summed E-state index contributed by atoms with van der Waals surface area (Å²) >= 11 is 0. The molecule has 1 aliphatic carbocycles. The van der Waals surface area contributed by atoms with Crippen LogP contribution in [0.15, 0.2) is 0 Å². The van der Waals surface area contributed by atoms with Gasteiger partial charge in [-0.3, -0.25) is 24.1 Å². The second-order valence-corrected chi connectivity index (χ2v) is 5.72. The molecule has 1 N–H and O–H groups in total. The summed E-state index contributed by atoms with van der Waals surface area (Å²) in [6.45, 7) is -0.210. The number of rotatable bonds is 5. The van der Waals surface area contributed by atoms with Crippen molar-refractivity contribution in [3.05, 3.63) is 0 Å². The number of carbonyl (C=O) groups is 4. The number of fused-ring (bicyclic) bond motifs is 1. The standard InChI is InChI=1S/C14H20N2O5/c1-15(7-6-12(18)19)11(17)8-16-13(20)9-4-2-3-5-10(9)14(16)21/h9-10H,2-8H2,1H3,(H,18,19). The van der Waals surface area contributed by atoms with Gasteiger partial charge in [-0.2, -0.15) is 0 Å². The highest BCUT2D eigenvalue weighted by atomic mass is 16.4. The number of carboxylic acid groups (broad SMARTS) is 1. The van der Waals surface area contributed by atoms with Gasteiger partial charge in [0, 0.05) is 13.6 Å². The molecule has 2 rings (SSSR count). The predicted octanol–water partition coefficient (Wildman–Crippen LogP) is 0.0947. The van der Waals surface area contributed by atoms with Gasteiger partial charge in [-0.15, -0.1) is 0 Å². The van der Waals surface area contributed by atoms with Crippen molar-refractivity contribution in [1.82, 2.24) is 9.80 Å². The van der Waals surface area contributed by atoms with Crippen LogP contribution in [0.25, 0.3) is 0 Å². The number of imide groups is 1. The largest absolute Gasteiger partial charge is 0.481 e. The molecule has 1 aliphatic heterocycles. The van der Waals surface area contributed by atoms with E-state index >= 15 is 0 Å². The Morgan fingerprint density at radius 1 is 1.19 bits per heavy atom. The Kier molecular flexibility index (Phi) is 4.59. The van der Waals surface area contributed by atoms with E-state index in [0.29, 0.717) is 0 Å². The number of hydrogen-bond donors (Lipinski definition) is 1. The normalized spacial score (nSPS) is 24.9. The maximum atomic E-state index is 12.2. The third kappa shape index (κ3) is 3.22. The minimum Gasteiger partial charge on any atom is -0.481 e. The first-order chi connectivity index (χ1) is 9.91. The van der Waals surface area contributed by atoms with Crippen molar-refractivity contribution >= 4 is 23.7 Å². The molecule has 0 aromatic heterocycles. The summed E-state index contributed by atoms with van der Waals surface area (Å²) in [4.78, 5) is 49.2. The SMILES string of the molecule is CN(CCC(=O)O)C(=O)CN1C(=O)C2CCCCC2C1=O.